The van der Waals surface area contributed by atoms with Crippen molar-refractivity contribution in [3.63, 3.8) is 0 Å². The van der Waals surface area contributed by atoms with Crippen LogP contribution in [0.15, 0.2) is 414 Å². The van der Waals surface area contributed by atoms with Gasteiger partial charge in [0.15, 0.2) is 24.0 Å². The number of pyridine rings is 11. The Morgan fingerprint density at radius 1 is 0.306 bits per heavy atom. The molecule has 121 heavy (non-hydrogen) atoms. The maximum atomic E-state index is 5.08. The van der Waals surface area contributed by atoms with Gasteiger partial charge in [0, 0.05) is 137 Å². The van der Waals surface area contributed by atoms with Crippen molar-refractivity contribution in [2.24, 2.45) is 0 Å². The number of oxazole rings is 2. The highest BCUT2D eigenvalue weighted by molar-refractivity contribution is 7.17. The molecule has 0 atom stereocenters. The lowest BCUT2D eigenvalue weighted by Crippen LogP contribution is -2.00. The summed E-state index contributed by atoms with van der Waals surface area (Å²) in [7, 11) is 0. The molecule has 592 valence electrons. The Morgan fingerprint density at radius 2 is 0.917 bits per heavy atom. The predicted molar refractivity (Wildman–Crippen MR) is 478 cm³/mol. The summed E-state index contributed by atoms with van der Waals surface area (Å²) in [5.74, 6) is 0. The summed E-state index contributed by atoms with van der Waals surface area (Å²) < 4.78 is 23.2. The molecule has 3 aromatic carbocycles. The van der Waals surface area contributed by atoms with Gasteiger partial charge in [-0.25, -0.2) is 59.8 Å². The van der Waals surface area contributed by atoms with E-state index < -0.39 is 0 Å². The Hall–Kier alpha value is -16.4. The summed E-state index contributed by atoms with van der Waals surface area (Å²) >= 11 is 4.88. The summed E-state index contributed by atoms with van der Waals surface area (Å²) in [5, 5.41) is 13.3. The Bertz CT molecular complexity index is 5730. The molecule has 0 radical (unpaired) electrons. The van der Waals surface area contributed by atoms with Gasteiger partial charge in [0.2, 0.25) is 11.4 Å². The zero-order valence-corrected chi connectivity index (χ0v) is 66.5. The molecule has 0 saturated carbocycles. The van der Waals surface area contributed by atoms with E-state index in [1.54, 1.807) is 158 Å². The minimum atomic E-state index is 0.595. The fourth-order valence-corrected chi connectivity index (χ4v) is 12.9. The standard InChI is InChI=1S/C14H12N2.2C7H6N2.2C7H5NO.C7H5NS.2C6H5N3.2C6H4N2O.2C6H4N2S.C6H6/c1-2-6-12(7-3-1)11-16-14-9-5-4-8-13(14)10-15-16;1-4-9-7-2-3-8-5-6(1)7;1-2-6-3-5-9-7(6)8-4-1;1-3-8-5-6-2-4-9-7(1)6;2*1-2-6-3-5-9-7(6)8-4-1;1-2-7-3-6-5(1)8-4-9-6;1-2-5-6(7-3-1)9-4-8-5;1-2-7-3-5-6(1)9-4-8-5;1-2-5-6(7-3-1)9-4-8-5;1-2-7-3-5-6(1)9-4-8-5;1-2-5-6(7-3-1)9-4-8-5;1-2-4-6-5-3-1/h1-10H,11H2;1-5,9H;1-5H,(H,8,9);3*1-5H;1-4H,(H,8,9);1-4H,(H,7,8,9);4*1-4H;1-6H. The van der Waals surface area contributed by atoms with Gasteiger partial charge >= 0.3 is 0 Å². The molecule has 0 fully saturated rings. The zero-order chi connectivity index (χ0) is 82.2. The summed E-state index contributed by atoms with van der Waals surface area (Å²) in [6.07, 6.45) is 43.1. The molecule has 0 amide bonds. The molecule has 0 aliphatic carbocycles. The summed E-state index contributed by atoms with van der Waals surface area (Å²) in [5.41, 5.74) is 18.5. The van der Waals surface area contributed by atoms with Gasteiger partial charge in [-0.05, 0) is 138 Å². The van der Waals surface area contributed by atoms with Crippen molar-refractivity contribution in [1.82, 2.24) is 114 Å². The van der Waals surface area contributed by atoms with Gasteiger partial charge < -0.3 is 37.6 Å². The number of nitrogens with zero attached hydrogens (tertiary/aromatic N) is 19. The Labute approximate surface area is 700 Å². The Kier molecular flexibility index (Phi) is 29.8. The topological polar surface area (TPSA) is 353 Å². The molecule has 0 spiro atoms. The van der Waals surface area contributed by atoms with Gasteiger partial charge in [-0.15, -0.1) is 34.0 Å². The smallest absolute Gasteiger partial charge is 0.246 e. The van der Waals surface area contributed by atoms with Crippen LogP contribution in [-0.4, -0.2) is 114 Å². The van der Waals surface area contributed by atoms with Crippen LogP contribution in [0.1, 0.15) is 5.56 Å². The number of thiazole rings is 2. The number of rotatable bonds is 2. The molecular formula is C91H71N23O4S3. The van der Waals surface area contributed by atoms with Crippen molar-refractivity contribution in [2.45, 2.75) is 6.54 Å². The van der Waals surface area contributed by atoms with E-state index >= 15 is 0 Å². The third-order valence-electron chi connectivity index (χ3n) is 16.7. The van der Waals surface area contributed by atoms with Crippen LogP contribution in [0.3, 0.4) is 0 Å². The van der Waals surface area contributed by atoms with Crippen molar-refractivity contribution >= 4 is 164 Å². The van der Waals surface area contributed by atoms with E-state index in [4.69, 9.17) is 17.7 Å². The highest BCUT2D eigenvalue weighted by Gasteiger charge is 2.03. The van der Waals surface area contributed by atoms with Gasteiger partial charge in [-0.1, -0.05) is 91.0 Å². The quantitative estimate of drug-likeness (QED) is 0.125. The number of hydrogen-bond donors (Lipinski definition) is 4. The normalized spacial score (nSPS) is 10.2. The number of nitrogens with one attached hydrogen (secondary N) is 4. The van der Waals surface area contributed by atoms with Crippen molar-refractivity contribution in [2.75, 3.05) is 0 Å². The first-order valence-electron chi connectivity index (χ1n) is 37.1. The second-order valence-corrected chi connectivity index (χ2v) is 27.3. The SMILES string of the molecule is c1cc2[nH]ccc2cn1.c1cc2nc[nH]c2cn1.c1cc2occc2cn1.c1cc2ocnc2cn1.c1cc2scnc2cn1.c1ccc(Cn2ncc3ccccc32)cc1.c1ccccc1.c1cnc2[nH]ccc2c1.c1cnc2nc[nH]c2c1.c1cnc2occc2c1.c1cnc2ocnc2c1.c1cnc2sccc2c1.c1cnc2scnc2c1. The van der Waals surface area contributed by atoms with Crippen LogP contribution in [0.5, 0.6) is 0 Å². The van der Waals surface area contributed by atoms with Gasteiger partial charge in [-0.3, -0.25) is 29.6 Å². The fraction of sp³-hybridized carbons (Fsp3) is 0.0110. The summed E-state index contributed by atoms with van der Waals surface area (Å²) in [4.78, 5) is 81.8. The zero-order valence-electron chi connectivity index (χ0n) is 64.1. The molecule has 26 rings (SSSR count). The second-order valence-electron chi connectivity index (χ2n) is 24.7. The number of H-pyrrole nitrogens is 4. The third-order valence-corrected chi connectivity index (χ3v) is 19.1. The molecule has 0 unspecified atom stereocenters. The van der Waals surface area contributed by atoms with Crippen LogP contribution in [0.25, 0.3) is 130 Å². The second kappa shape index (κ2) is 44.4. The number of aromatic amines is 4. The van der Waals surface area contributed by atoms with E-state index in [1.807, 2.05) is 211 Å². The first-order valence-corrected chi connectivity index (χ1v) is 39.8. The minimum absolute atomic E-state index is 0.595. The van der Waals surface area contributed by atoms with Crippen LogP contribution in [0.4, 0.5) is 0 Å². The first-order chi connectivity index (χ1) is 60.1. The monoisotopic (exact) mass is 1650 g/mol. The lowest BCUT2D eigenvalue weighted by molar-refractivity contribution is 0.590. The number of hydrogen-bond acceptors (Lipinski definition) is 25. The molecule has 0 bridgehead atoms. The molecule has 23 aromatic heterocycles. The third kappa shape index (κ3) is 24.6. The number of fused-ring (bicyclic) bond motifs is 12. The van der Waals surface area contributed by atoms with E-state index in [1.165, 1.54) is 39.3 Å². The van der Waals surface area contributed by atoms with Crippen LogP contribution in [0, 0.1) is 0 Å². The number of furan rings is 2. The van der Waals surface area contributed by atoms with E-state index in [-0.39, 0.29) is 0 Å². The summed E-state index contributed by atoms with van der Waals surface area (Å²) in [6.45, 7) is 0.828. The molecule has 0 saturated heterocycles. The number of imidazole rings is 2. The van der Waals surface area contributed by atoms with Crippen molar-refractivity contribution in [3.05, 3.63) is 402 Å². The molecule has 26 aromatic rings. The van der Waals surface area contributed by atoms with Crippen LogP contribution >= 0.6 is 34.0 Å². The molecule has 0 aliphatic rings. The number of benzene rings is 3. The van der Waals surface area contributed by atoms with Gasteiger partial charge in [0.05, 0.1) is 105 Å². The van der Waals surface area contributed by atoms with Crippen molar-refractivity contribution in [1.29, 1.82) is 0 Å². The number of para-hydroxylation sites is 1. The largest absolute Gasteiger partial charge is 0.464 e. The predicted octanol–water partition coefficient (Wildman–Crippen LogP) is 21.6. The van der Waals surface area contributed by atoms with E-state index in [2.05, 4.69) is 164 Å². The van der Waals surface area contributed by atoms with E-state index in [9.17, 15) is 0 Å². The molecule has 4 N–H and O–H groups in total. The van der Waals surface area contributed by atoms with Gasteiger partial charge in [0.1, 0.15) is 31.9 Å². The minimum Gasteiger partial charge on any atom is -0.464 e. The first kappa shape index (κ1) is 81.1. The average molecular weight is 1650 g/mol. The maximum absolute atomic E-state index is 5.08. The highest BCUT2D eigenvalue weighted by atomic mass is 32.1. The van der Waals surface area contributed by atoms with E-state index in [0.717, 1.165) is 104 Å². The molecular weight excluding hydrogens is 1580 g/mol. The molecule has 23 heterocycles. The highest BCUT2D eigenvalue weighted by Crippen LogP contribution is 2.20. The lowest BCUT2D eigenvalue weighted by Gasteiger charge is -2.03. The fourth-order valence-electron chi connectivity index (χ4n) is 10.9. The van der Waals surface area contributed by atoms with Crippen LogP contribution < -0.4 is 0 Å². The van der Waals surface area contributed by atoms with Crippen molar-refractivity contribution < 1.29 is 17.7 Å². The lowest BCUT2D eigenvalue weighted by atomic mass is 10.2. The maximum Gasteiger partial charge on any atom is 0.246 e. The van der Waals surface area contributed by atoms with Crippen molar-refractivity contribution in [3.8, 4) is 0 Å². The van der Waals surface area contributed by atoms with Gasteiger partial charge in [-0.2, -0.15) is 5.10 Å². The van der Waals surface area contributed by atoms with Crippen LogP contribution in [0.2, 0.25) is 0 Å². The van der Waals surface area contributed by atoms with Gasteiger partial charge in [0.25, 0.3) is 0 Å². The molecule has 27 nitrogen and oxygen atoms in total. The number of thiophene rings is 1. The average Bonchev–Trinajstić information content (AvgIpc) is 1.68. The molecule has 30 heteroatoms. The summed E-state index contributed by atoms with van der Waals surface area (Å²) in [6, 6.07) is 73.1. The Balaban J connectivity index is 0.000000108. The van der Waals surface area contributed by atoms with E-state index in [0.29, 0.717) is 11.4 Å². The molecule has 0 aliphatic heterocycles. The number of aromatic nitrogens is 23. The van der Waals surface area contributed by atoms with Crippen LogP contribution in [-0.2, 0) is 6.54 Å². The Morgan fingerprint density at radius 3 is 1.70 bits per heavy atom.